The summed E-state index contributed by atoms with van der Waals surface area (Å²) in [4.78, 5) is 2.17. The molecule has 0 spiro atoms. The van der Waals surface area contributed by atoms with Crippen molar-refractivity contribution in [2.24, 2.45) is 0 Å². The third kappa shape index (κ3) is 2.53. The van der Waals surface area contributed by atoms with Gasteiger partial charge in [0.15, 0.2) is 0 Å². The number of aliphatic hydroxyl groups excluding tert-OH is 1. The first-order chi connectivity index (χ1) is 7.08. The van der Waals surface area contributed by atoms with Crippen LogP contribution in [0.1, 0.15) is 21.4 Å². The quantitative estimate of drug-likeness (QED) is 0.813. The Hall–Kier alpha value is 0.320. The van der Waals surface area contributed by atoms with Crippen LogP contribution in [-0.4, -0.2) is 5.11 Å². The molecule has 2 rings (SSSR count). The summed E-state index contributed by atoms with van der Waals surface area (Å²) >= 11 is 10.1. The Kier molecular flexibility index (Phi) is 3.67. The minimum absolute atomic E-state index is 0.527. The summed E-state index contributed by atoms with van der Waals surface area (Å²) in [5.41, 5.74) is 0.939. The molecule has 0 aliphatic carbocycles. The van der Waals surface area contributed by atoms with Crippen LogP contribution in [0.5, 0.6) is 0 Å². The van der Waals surface area contributed by atoms with Gasteiger partial charge in [-0.15, -0.1) is 22.7 Å². The Bertz CT molecular complexity index is 475. The lowest BCUT2D eigenvalue weighted by molar-refractivity contribution is 0.224. The maximum atomic E-state index is 10.2. The second kappa shape index (κ2) is 4.67. The Balaban J connectivity index is 2.35. The van der Waals surface area contributed by atoms with E-state index in [0.29, 0.717) is 0 Å². The lowest BCUT2D eigenvalue weighted by atomic mass is 10.2. The number of rotatable bonds is 2. The molecule has 15 heavy (non-hydrogen) atoms. The maximum absolute atomic E-state index is 10.2. The highest BCUT2D eigenvalue weighted by Gasteiger charge is 2.17. The van der Waals surface area contributed by atoms with Crippen LogP contribution in [-0.2, 0) is 0 Å². The summed E-state index contributed by atoms with van der Waals surface area (Å²) in [5.74, 6) is 0. The van der Waals surface area contributed by atoms with Gasteiger partial charge >= 0.3 is 0 Å². The van der Waals surface area contributed by atoms with Crippen LogP contribution in [0.4, 0.5) is 0 Å². The van der Waals surface area contributed by atoms with E-state index in [1.54, 1.807) is 22.7 Å². The van der Waals surface area contributed by atoms with Crippen LogP contribution in [0.15, 0.2) is 25.8 Å². The van der Waals surface area contributed by atoms with Gasteiger partial charge in [-0.05, 0) is 61.9 Å². The van der Waals surface area contributed by atoms with Crippen LogP contribution < -0.4 is 0 Å². The zero-order chi connectivity index (χ0) is 11.0. The molecule has 0 fully saturated rings. The zero-order valence-electron chi connectivity index (χ0n) is 7.83. The van der Waals surface area contributed by atoms with Crippen molar-refractivity contribution in [3.05, 3.63) is 41.1 Å². The van der Waals surface area contributed by atoms with Crippen molar-refractivity contribution in [1.82, 2.24) is 0 Å². The largest absolute Gasteiger partial charge is 0.383 e. The van der Waals surface area contributed by atoms with Gasteiger partial charge in [0.1, 0.15) is 6.10 Å². The molecule has 0 aromatic carbocycles. The first-order valence-electron chi connectivity index (χ1n) is 4.25. The molecule has 0 radical (unpaired) electrons. The van der Waals surface area contributed by atoms with Gasteiger partial charge in [-0.2, -0.15) is 0 Å². The minimum atomic E-state index is -0.527. The average molecular weight is 368 g/mol. The van der Waals surface area contributed by atoms with Crippen molar-refractivity contribution in [2.45, 2.75) is 13.0 Å². The van der Waals surface area contributed by atoms with Crippen molar-refractivity contribution in [3.8, 4) is 0 Å². The van der Waals surface area contributed by atoms with Crippen molar-refractivity contribution < 1.29 is 5.11 Å². The Morgan fingerprint density at radius 1 is 1.33 bits per heavy atom. The zero-order valence-corrected chi connectivity index (χ0v) is 12.6. The van der Waals surface area contributed by atoms with Crippen LogP contribution >= 0.6 is 54.5 Å². The summed E-state index contributed by atoms with van der Waals surface area (Å²) in [5, 5.41) is 12.1. The molecule has 2 aromatic heterocycles. The van der Waals surface area contributed by atoms with Gasteiger partial charge in [-0.3, -0.25) is 0 Å². The van der Waals surface area contributed by atoms with Crippen molar-refractivity contribution >= 4 is 54.5 Å². The summed E-state index contributed by atoms with van der Waals surface area (Å²) < 4.78 is 2.03. The number of thiophene rings is 2. The number of aryl methyl sites for hydroxylation is 1. The molecule has 1 atom stereocenters. The topological polar surface area (TPSA) is 20.2 Å². The van der Waals surface area contributed by atoms with Gasteiger partial charge in [0.25, 0.3) is 0 Å². The Morgan fingerprint density at radius 3 is 2.53 bits per heavy atom. The van der Waals surface area contributed by atoms with E-state index >= 15 is 0 Å². The van der Waals surface area contributed by atoms with Gasteiger partial charge in [0.2, 0.25) is 0 Å². The molecular formula is C10H8Br2OS2. The Morgan fingerprint density at radius 2 is 2.07 bits per heavy atom. The van der Waals surface area contributed by atoms with Gasteiger partial charge < -0.3 is 5.11 Å². The highest BCUT2D eigenvalue weighted by molar-refractivity contribution is 9.11. The molecule has 0 bridgehead atoms. The monoisotopic (exact) mass is 366 g/mol. The molecule has 0 amide bonds. The molecule has 1 N–H and O–H groups in total. The van der Waals surface area contributed by atoms with Crippen LogP contribution in [0.3, 0.4) is 0 Å². The summed E-state index contributed by atoms with van der Waals surface area (Å²) in [7, 11) is 0. The number of hydrogen-bond acceptors (Lipinski definition) is 3. The van der Waals surface area contributed by atoms with Crippen molar-refractivity contribution in [3.63, 3.8) is 0 Å². The summed E-state index contributed by atoms with van der Waals surface area (Å²) in [6, 6.07) is 3.99. The molecule has 0 saturated heterocycles. The standard InChI is InChI=1S/C10H8Br2OS2/c1-5-2-7(11)10(15-5)9(13)6-3-8(12)14-4-6/h2-4,9,13H,1H3. The fourth-order valence-electron chi connectivity index (χ4n) is 1.31. The van der Waals surface area contributed by atoms with E-state index in [0.717, 1.165) is 18.7 Å². The lowest BCUT2D eigenvalue weighted by Gasteiger charge is -2.06. The van der Waals surface area contributed by atoms with E-state index < -0.39 is 6.10 Å². The molecule has 2 aromatic rings. The van der Waals surface area contributed by atoms with Crippen molar-refractivity contribution in [1.29, 1.82) is 0 Å². The summed E-state index contributed by atoms with van der Waals surface area (Å²) in [6.07, 6.45) is -0.527. The summed E-state index contributed by atoms with van der Waals surface area (Å²) in [6.45, 7) is 2.04. The third-order valence-corrected chi connectivity index (χ3v) is 5.53. The number of aliphatic hydroxyl groups is 1. The Labute approximate surface area is 113 Å². The second-order valence-electron chi connectivity index (χ2n) is 3.16. The molecule has 0 aliphatic rings. The highest BCUT2D eigenvalue weighted by atomic mass is 79.9. The van der Waals surface area contributed by atoms with E-state index in [1.165, 1.54) is 4.88 Å². The van der Waals surface area contributed by atoms with Crippen LogP contribution in [0, 0.1) is 6.92 Å². The van der Waals surface area contributed by atoms with E-state index in [2.05, 4.69) is 31.9 Å². The number of halogens is 2. The molecule has 1 nitrogen and oxygen atoms in total. The van der Waals surface area contributed by atoms with Gasteiger partial charge in [-0.25, -0.2) is 0 Å². The van der Waals surface area contributed by atoms with Crippen LogP contribution in [0.25, 0.3) is 0 Å². The van der Waals surface area contributed by atoms with E-state index in [1.807, 2.05) is 24.4 Å². The maximum Gasteiger partial charge on any atom is 0.115 e. The molecule has 5 heteroatoms. The van der Waals surface area contributed by atoms with Crippen LogP contribution in [0.2, 0.25) is 0 Å². The molecular weight excluding hydrogens is 360 g/mol. The molecule has 0 saturated carbocycles. The molecule has 2 heterocycles. The normalized spacial score (nSPS) is 13.1. The van der Waals surface area contributed by atoms with E-state index in [9.17, 15) is 5.11 Å². The van der Waals surface area contributed by atoms with Gasteiger partial charge in [0, 0.05) is 9.35 Å². The predicted octanol–water partition coefficient (Wildman–Crippen LogP) is 4.72. The minimum Gasteiger partial charge on any atom is -0.383 e. The lowest BCUT2D eigenvalue weighted by Crippen LogP contribution is -1.95. The molecule has 0 aliphatic heterocycles. The first-order valence-corrected chi connectivity index (χ1v) is 7.54. The fourth-order valence-corrected chi connectivity index (χ4v) is 4.38. The molecule has 1 unspecified atom stereocenters. The highest BCUT2D eigenvalue weighted by Crippen LogP contribution is 2.37. The molecule has 80 valence electrons. The smallest absolute Gasteiger partial charge is 0.115 e. The van der Waals surface area contributed by atoms with E-state index in [4.69, 9.17) is 0 Å². The average Bonchev–Trinajstić information content (AvgIpc) is 2.71. The SMILES string of the molecule is Cc1cc(Br)c(C(O)c2csc(Br)c2)s1. The first kappa shape index (κ1) is 11.8. The fraction of sp³-hybridized carbons (Fsp3) is 0.200. The third-order valence-electron chi connectivity index (χ3n) is 1.99. The number of hydrogen-bond donors (Lipinski definition) is 1. The van der Waals surface area contributed by atoms with Gasteiger partial charge in [-0.1, -0.05) is 0 Å². The van der Waals surface area contributed by atoms with E-state index in [-0.39, 0.29) is 0 Å². The predicted molar refractivity (Wildman–Crippen MR) is 72.8 cm³/mol. The second-order valence-corrected chi connectivity index (χ2v) is 7.59. The van der Waals surface area contributed by atoms with Crippen molar-refractivity contribution in [2.75, 3.05) is 0 Å². The van der Waals surface area contributed by atoms with Gasteiger partial charge in [0.05, 0.1) is 8.66 Å².